The third kappa shape index (κ3) is 5.11. The fourth-order valence-corrected chi connectivity index (χ4v) is 2.64. The number of nitrogens with zero attached hydrogens (tertiary/aromatic N) is 1. The van der Waals surface area contributed by atoms with E-state index in [1.54, 1.807) is 18.2 Å². The molecule has 1 N–H and O–H groups in total. The molecule has 23 heavy (non-hydrogen) atoms. The summed E-state index contributed by atoms with van der Waals surface area (Å²) in [5.74, 6) is -0.154. The summed E-state index contributed by atoms with van der Waals surface area (Å²) in [5, 5.41) is 4.45. The first-order chi connectivity index (χ1) is 10.9. The third-order valence-corrected chi connectivity index (χ3v) is 4.35. The van der Waals surface area contributed by atoms with Gasteiger partial charge in [0.05, 0.1) is 16.8 Å². The quantitative estimate of drug-likeness (QED) is 0.792. The van der Waals surface area contributed by atoms with Gasteiger partial charge in [-0.05, 0) is 49.9 Å². The van der Waals surface area contributed by atoms with Gasteiger partial charge >= 0.3 is 0 Å². The number of amides is 1. The summed E-state index contributed by atoms with van der Waals surface area (Å²) >= 11 is 18.0. The van der Waals surface area contributed by atoms with Gasteiger partial charge in [0.25, 0.3) is 0 Å². The van der Waals surface area contributed by atoms with E-state index in [0.717, 1.165) is 5.56 Å². The fraction of sp³-hybridized carbons (Fsp3) is 0.235. The Morgan fingerprint density at radius 1 is 1.13 bits per heavy atom. The monoisotopic (exact) mass is 370 g/mol. The summed E-state index contributed by atoms with van der Waals surface area (Å²) in [6.45, 7) is 2.44. The first kappa shape index (κ1) is 18.1. The number of likely N-dealkylation sites (N-methyl/N-ethyl adjacent to an activating group) is 1. The second-order valence-corrected chi connectivity index (χ2v) is 6.61. The van der Waals surface area contributed by atoms with Gasteiger partial charge in [-0.3, -0.25) is 9.69 Å². The largest absolute Gasteiger partial charge is 0.323 e. The Hall–Kier alpha value is -1.26. The molecule has 0 aliphatic heterocycles. The highest BCUT2D eigenvalue weighted by Gasteiger charge is 2.19. The lowest BCUT2D eigenvalue weighted by atomic mass is 10.2. The van der Waals surface area contributed by atoms with Crippen LogP contribution in [-0.4, -0.2) is 23.9 Å². The smallest absolute Gasteiger partial charge is 0.241 e. The molecule has 1 amide bonds. The van der Waals surface area contributed by atoms with Crippen molar-refractivity contribution >= 4 is 46.4 Å². The predicted octanol–water partition coefficient (Wildman–Crippen LogP) is 5.11. The minimum atomic E-state index is -0.343. The average Bonchev–Trinajstić information content (AvgIpc) is 2.50. The third-order valence-electron chi connectivity index (χ3n) is 3.55. The second-order valence-electron chi connectivity index (χ2n) is 5.33. The van der Waals surface area contributed by atoms with Gasteiger partial charge in [-0.1, -0.05) is 46.9 Å². The summed E-state index contributed by atoms with van der Waals surface area (Å²) < 4.78 is 0. The molecule has 2 rings (SSSR count). The SMILES string of the molecule is CC(C(=O)Nc1cc(Cl)ccc1Cl)N(C)Cc1cccc(Cl)c1. The maximum Gasteiger partial charge on any atom is 0.241 e. The van der Waals surface area contributed by atoms with E-state index in [9.17, 15) is 4.79 Å². The van der Waals surface area contributed by atoms with E-state index in [4.69, 9.17) is 34.8 Å². The van der Waals surface area contributed by atoms with Crippen molar-refractivity contribution < 1.29 is 4.79 Å². The van der Waals surface area contributed by atoms with E-state index in [2.05, 4.69) is 5.32 Å². The Balaban J connectivity index is 2.02. The highest BCUT2D eigenvalue weighted by Crippen LogP contribution is 2.25. The van der Waals surface area contributed by atoms with E-state index >= 15 is 0 Å². The van der Waals surface area contributed by atoms with Crippen molar-refractivity contribution in [2.75, 3.05) is 12.4 Å². The number of nitrogens with one attached hydrogen (secondary N) is 1. The highest BCUT2D eigenvalue weighted by atomic mass is 35.5. The highest BCUT2D eigenvalue weighted by molar-refractivity contribution is 6.35. The molecule has 1 atom stereocenters. The zero-order valence-corrected chi connectivity index (χ0v) is 15.1. The van der Waals surface area contributed by atoms with Crippen molar-refractivity contribution in [1.82, 2.24) is 4.90 Å². The van der Waals surface area contributed by atoms with Gasteiger partial charge in [0.2, 0.25) is 5.91 Å². The number of halogens is 3. The molecule has 0 fully saturated rings. The standard InChI is InChI=1S/C17H17Cl3N2O/c1-11(22(2)10-12-4-3-5-13(18)8-12)17(23)21-16-9-14(19)6-7-15(16)20/h3-9,11H,10H2,1-2H3,(H,21,23). The Labute approximate surface area is 151 Å². The van der Waals surface area contributed by atoms with Crippen LogP contribution in [-0.2, 0) is 11.3 Å². The molecule has 122 valence electrons. The lowest BCUT2D eigenvalue weighted by molar-refractivity contribution is -0.120. The minimum Gasteiger partial charge on any atom is -0.323 e. The summed E-state index contributed by atoms with van der Waals surface area (Å²) in [6, 6.07) is 12.2. The lowest BCUT2D eigenvalue weighted by Crippen LogP contribution is -2.39. The van der Waals surface area contributed by atoms with Gasteiger partial charge in [-0.25, -0.2) is 0 Å². The molecule has 0 aromatic heterocycles. The van der Waals surface area contributed by atoms with E-state index in [1.807, 2.05) is 43.1 Å². The van der Waals surface area contributed by atoms with Crippen LogP contribution < -0.4 is 5.32 Å². The van der Waals surface area contributed by atoms with E-state index < -0.39 is 0 Å². The molecule has 2 aromatic carbocycles. The van der Waals surface area contributed by atoms with Crippen LogP contribution in [0.25, 0.3) is 0 Å². The van der Waals surface area contributed by atoms with Gasteiger partial charge in [0.1, 0.15) is 0 Å². The van der Waals surface area contributed by atoms with Crippen molar-refractivity contribution in [3.05, 3.63) is 63.1 Å². The number of benzene rings is 2. The van der Waals surface area contributed by atoms with Crippen molar-refractivity contribution in [2.45, 2.75) is 19.5 Å². The van der Waals surface area contributed by atoms with Crippen molar-refractivity contribution in [3.63, 3.8) is 0 Å². The predicted molar refractivity (Wildman–Crippen MR) is 97.5 cm³/mol. The Kier molecular flexibility index (Phi) is 6.31. The van der Waals surface area contributed by atoms with Crippen LogP contribution in [0, 0.1) is 0 Å². The summed E-state index contributed by atoms with van der Waals surface area (Å²) in [7, 11) is 1.88. The summed E-state index contributed by atoms with van der Waals surface area (Å²) in [5.41, 5.74) is 1.55. The molecular weight excluding hydrogens is 355 g/mol. The number of rotatable bonds is 5. The maximum absolute atomic E-state index is 12.4. The summed E-state index contributed by atoms with van der Waals surface area (Å²) in [4.78, 5) is 14.3. The van der Waals surface area contributed by atoms with Crippen molar-refractivity contribution in [2.24, 2.45) is 0 Å². The second kappa shape index (κ2) is 8.02. The zero-order valence-electron chi connectivity index (χ0n) is 12.8. The molecular formula is C17H17Cl3N2O. The maximum atomic E-state index is 12.4. The Morgan fingerprint density at radius 2 is 1.83 bits per heavy atom. The topological polar surface area (TPSA) is 32.3 Å². The van der Waals surface area contributed by atoms with Crippen LogP contribution in [0.15, 0.2) is 42.5 Å². The molecule has 0 saturated heterocycles. The first-order valence-corrected chi connectivity index (χ1v) is 8.21. The summed E-state index contributed by atoms with van der Waals surface area (Å²) in [6.07, 6.45) is 0. The van der Waals surface area contributed by atoms with Gasteiger partial charge in [0.15, 0.2) is 0 Å². The van der Waals surface area contributed by atoms with Crippen LogP contribution in [0.2, 0.25) is 15.1 Å². The van der Waals surface area contributed by atoms with Gasteiger partial charge < -0.3 is 5.32 Å². The molecule has 3 nitrogen and oxygen atoms in total. The van der Waals surface area contributed by atoms with Crippen molar-refractivity contribution in [3.8, 4) is 0 Å². The number of carbonyl (C=O) groups is 1. The molecule has 6 heteroatoms. The average molecular weight is 372 g/mol. The van der Waals surface area contributed by atoms with Crippen LogP contribution in [0.3, 0.4) is 0 Å². The van der Waals surface area contributed by atoms with Gasteiger partial charge in [0, 0.05) is 16.6 Å². The molecule has 1 unspecified atom stereocenters. The number of anilines is 1. The normalized spacial score (nSPS) is 12.3. The molecule has 0 heterocycles. The zero-order chi connectivity index (χ0) is 17.0. The molecule has 0 radical (unpaired) electrons. The number of hydrogen-bond donors (Lipinski definition) is 1. The molecule has 0 saturated carbocycles. The van der Waals surface area contributed by atoms with Crippen LogP contribution in [0.5, 0.6) is 0 Å². The van der Waals surface area contributed by atoms with Crippen molar-refractivity contribution in [1.29, 1.82) is 0 Å². The Morgan fingerprint density at radius 3 is 2.52 bits per heavy atom. The van der Waals surface area contributed by atoms with Crippen LogP contribution in [0.4, 0.5) is 5.69 Å². The van der Waals surface area contributed by atoms with E-state index in [-0.39, 0.29) is 11.9 Å². The lowest BCUT2D eigenvalue weighted by Gasteiger charge is -2.24. The Bertz CT molecular complexity index is 706. The first-order valence-electron chi connectivity index (χ1n) is 7.07. The molecule has 2 aromatic rings. The van der Waals surface area contributed by atoms with E-state index in [1.165, 1.54) is 0 Å². The molecule has 0 bridgehead atoms. The fourth-order valence-electron chi connectivity index (χ4n) is 2.09. The number of carbonyl (C=O) groups excluding carboxylic acids is 1. The molecule has 0 spiro atoms. The van der Waals surface area contributed by atoms with Gasteiger partial charge in [-0.15, -0.1) is 0 Å². The number of hydrogen-bond acceptors (Lipinski definition) is 2. The minimum absolute atomic E-state index is 0.154. The van der Waals surface area contributed by atoms with Crippen LogP contribution in [0.1, 0.15) is 12.5 Å². The van der Waals surface area contributed by atoms with E-state index in [0.29, 0.717) is 27.3 Å². The van der Waals surface area contributed by atoms with Crippen LogP contribution >= 0.6 is 34.8 Å². The molecule has 0 aliphatic carbocycles. The van der Waals surface area contributed by atoms with Gasteiger partial charge in [-0.2, -0.15) is 0 Å². The molecule has 0 aliphatic rings.